The summed E-state index contributed by atoms with van der Waals surface area (Å²) in [5.74, 6) is -0.356. The Morgan fingerprint density at radius 1 is 1.32 bits per heavy atom. The summed E-state index contributed by atoms with van der Waals surface area (Å²) < 4.78 is 45.4. The molecule has 0 amide bonds. The maximum absolute atomic E-state index is 12.9. The first-order valence-electron chi connectivity index (χ1n) is 8.54. The number of aryl methyl sites for hydroxylation is 1. The zero-order valence-electron chi connectivity index (χ0n) is 15.3. The Hall–Kier alpha value is -2.70. The van der Waals surface area contributed by atoms with Gasteiger partial charge < -0.3 is 14.7 Å². The molecule has 0 unspecified atom stereocenters. The minimum atomic E-state index is -4.46. The standard InChI is InChI=1S/C20H18F3NO3S/c1-3-12-6-16(9-17-19(12)13(11-28-17)7-18(25)26)27-10-15-8-14(20(21,22)23)4-5-24(15)2/h5-6,8-9,11H,3,7,10H2,1-2H3,(H,25,26). The Balaban J connectivity index is 1.85. The fourth-order valence-electron chi connectivity index (χ4n) is 2.98. The van der Waals surface area contributed by atoms with Crippen molar-refractivity contribution in [2.24, 2.45) is 0 Å². The van der Waals surface area contributed by atoms with Gasteiger partial charge >= 0.3 is 12.1 Å². The lowest BCUT2D eigenvalue weighted by molar-refractivity contribution is -0.136. The van der Waals surface area contributed by atoms with Crippen LogP contribution in [-0.4, -0.2) is 35.8 Å². The van der Waals surface area contributed by atoms with Gasteiger partial charge in [0.05, 0.1) is 12.1 Å². The third-order valence-corrected chi connectivity index (χ3v) is 5.38. The number of carbonyl (C=O) groups is 1. The quantitative estimate of drug-likeness (QED) is 0.690. The molecule has 4 nitrogen and oxygen atoms in total. The number of aliphatic carboxylic acids is 1. The maximum atomic E-state index is 12.9. The topological polar surface area (TPSA) is 49.8 Å². The summed E-state index contributed by atoms with van der Waals surface area (Å²) in [6, 6.07) is 3.62. The largest absolute Gasteiger partial charge is 0.487 e. The Bertz CT molecular complexity index is 1010. The van der Waals surface area contributed by atoms with Gasteiger partial charge in [0.1, 0.15) is 17.9 Å². The van der Waals surface area contributed by atoms with E-state index in [0.717, 1.165) is 27.3 Å². The van der Waals surface area contributed by atoms with Crippen LogP contribution in [0, 0.1) is 0 Å². The number of carboxylic acid groups (broad SMARTS) is 1. The summed E-state index contributed by atoms with van der Waals surface area (Å²) in [5, 5.41) is 11.8. The van der Waals surface area contributed by atoms with Crippen LogP contribution < -0.4 is 4.74 Å². The van der Waals surface area contributed by atoms with E-state index in [9.17, 15) is 18.0 Å². The third-order valence-electron chi connectivity index (χ3n) is 4.40. The minimum absolute atomic E-state index is 0.0315. The molecule has 2 aromatic rings. The fourth-order valence-corrected chi connectivity index (χ4v) is 4.01. The van der Waals surface area contributed by atoms with Crippen LogP contribution in [0.2, 0.25) is 0 Å². The zero-order valence-corrected chi connectivity index (χ0v) is 16.1. The molecule has 148 valence electrons. The van der Waals surface area contributed by atoms with Crippen LogP contribution in [0.1, 0.15) is 18.1 Å². The van der Waals surface area contributed by atoms with Crippen molar-refractivity contribution in [2.75, 3.05) is 13.7 Å². The molecule has 1 aliphatic rings. The summed E-state index contributed by atoms with van der Waals surface area (Å²) in [6.45, 7) is 1.93. The van der Waals surface area contributed by atoms with Gasteiger partial charge in [-0.3, -0.25) is 4.79 Å². The van der Waals surface area contributed by atoms with E-state index in [1.807, 2.05) is 18.4 Å². The predicted molar refractivity (Wildman–Crippen MR) is 102 cm³/mol. The lowest BCUT2D eigenvalue weighted by Gasteiger charge is -2.22. The predicted octanol–water partition coefficient (Wildman–Crippen LogP) is 4.90. The number of likely N-dealkylation sites (N-methyl/N-ethyl adjacent to an activating group) is 1. The lowest BCUT2D eigenvalue weighted by atomic mass is 10.0. The van der Waals surface area contributed by atoms with Crippen molar-refractivity contribution in [3.8, 4) is 5.75 Å². The number of carboxylic acids is 1. The summed E-state index contributed by atoms with van der Waals surface area (Å²) in [4.78, 5) is 12.6. The highest BCUT2D eigenvalue weighted by molar-refractivity contribution is 7.17. The van der Waals surface area contributed by atoms with Crippen LogP contribution in [-0.2, 0) is 17.6 Å². The van der Waals surface area contributed by atoms with Crippen molar-refractivity contribution < 1.29 is 27.8 Å². The highest BCUT2D eigenvalue weighted by atomic mass is 32.1. The monoisotopic (exact) mass is 409 g/mol. The molecule has 0 atom stereocenters. The number of hydrogen-bond donors (Lipinski definition) is 1. The minimum Gasteiger partial charge on any atom is -0.487 e. The highest BCUT2D eigenvalue weighted by Gasteiger charge is 2.33. The first-order chi connectivity index (χ1) is 13.2. The van der Waals surface area contributed by atoms with E-state index in [-0.39, 0.29) is 13.0 Å². The molecular formula is C20H18F3NO3S. The van der Waals surface area contributed by atoms with Crippen molar-refractivity contribution in [1.29, 1.82) is 0 Å². The number of nitrogens with zero attached hydrogens (tertiary/aromatic N) is 1. The summed E-state index contributed by atoms with van der Waals surface area (Å²) in [7, 11) is 1.63. The molecule has 1 aliphatic heterocycles. The molecule has 0 radical (unpaired) electrons. The van der Waals surface area contributed by atoms with Crippen molar-refractivity contribution in [3.05, 3.63) is 57.9 Å². The van der Waals surface area contributed by atoms with Gasteiger partial charge in [0.2, 0.25) is 0 Å². The Morgan fingerprint density at radius 3 is 2.71 bits per heavy atom. The van der Waals surface area contributed by atoms with E-state index in [4.69, 9.17) is 9.84 Å². The summed E-state index contributed by atoms with van der Waals surface area (Å²) >= 11 is 1.43. The number of rotatable bonds is 6. The number of fused-ring (bicyclic) bond motifs is 1. The smallest absolute Gasteiger partial charge is 0.423 e. The van der Waals surface area contributed by atoms with Crippen molar-refractivity contribution in [3.63, 3.8) is 0 Å². The fraction of sp³-hybridized carbons (Fsp3) is 0.300. The van der Waals surface area contributed by atoms with E-state index in [1.54, 1.807) is 13.1 Å². The van der Waals surface area contributed by atoms with Crippen LogP contribution in [0.25, 0.3) is 10.1 Å². The second-order valence-electron chi connectivity index (χ2n) is 6.36. The lowest BCUT2D eigenvalue weighted by Crippen LogP contribution is -2.21. The van der Waals surface area contributed by atoms with E-state index in [2.05, 4.69) is 5.73 Å². The van der Waals surface area contributed by atoms with Crippen LogP contribution in [0.5, 0.6) is 5.75 Å². The maximum Gasteiger partial charge on any atom is 0.423 e. The van der Waals surface area contributed by atoms with Crippen molar-refractivity contribution >= 4 is 27.4 Å². The van der Waals surface area contributed by atoms with Crippen LogP contribution >= 0.6 is 11.3 Å². The number of allylic oxidation sites excluding steroid dienone is 2. The third kappa shape index (κ3) is 4.24. The first-order valence-corrected chi connectivity index (χ1v) is 9.42. The van der Waals surface area contributed by atoms with Gasteiger partial charge in [-0.2, -0.15) is 13.2 Å². The molecule has 1 N–H and O–H groups in total. The van der Waals surface area contributed by atoms with E-state index in [1.165, 1.54) is 22.4 Å². The molecule has 0 spiro atoms. The Morgan fingerprint density at radius 2 is 2.07 bits per heavy atom. The Labute approximate surface area is 163 Å². The molecule has 1 aromatic heterocycles. The van der Waals surface area contributed by atoms with Crippen LogP contribution in [0.15, 0.2) is 46.8 Å². The molecule has 28 heavy (non-hydrogen) atoms. The van der Waals surface area contributed by atoms with Gasteiger partial charge in [0.15, 0.2) is 0 Å². The van der Waals surface area contributed by atoms with Crippen LogP contribution in [0.4, 0.5) is 13.2 Å². The number of alkyl halides is 3. The van der Waals surface area contributed by atoms with Gasteiger partial charge in [-0.1, -0.05) is 12.7 Å². The molecular weight excluding hydrogens is 391 g/mol. The average Bonchev–Trinajstić information content (AvgIpc) is 3.01. The molecule has 0 aliphatic carbocycles. The number of ether oxygens (including phenoxy) is 1. The Kier molecular flexibility index (Phi) is 5.54. The van der Waals surface area contributed by atoms with E-state index >= 15 is 0 Å². The molecule has 0 fully saturated rings. The first kappa shape index (κ1) is 20.0. The van der Waals surface area contributed by atoms with Gasteiger partial charge in [0.25, 0.3) is 0 Å². The SMILES string of the molecule is CCc1cc(OCC2=CC(C(F)(F)F)=C=CN2C)cc2scc(CC(=O)O)c12. The van der Waals surface area contributed by atoms with Gasteiger partial charge in [-0.15, -0.1) is 11.3 Å². The zero-order chi connectivity index (χ0) is 20.5. The van der Waals surface area contributed by atoms with E-state index in [0.29, 0.717) is 17.9 Å². The van der Waals surface area contributed by atoms with Crippen LogP contribution in [0.3, 0.4) is 0 Å². The molecule has 0 bridgehead atoms. The second kappa shape index (κ2) is 7.73. The summed E-state index contributed by atoms with van der Waals surface area (Å²) in [6.07, 6.45) is -1.57. The van der Waals surface area contributed by atoms with E-state index < -0.39 is 17.7 Å². The normalized spacial score (nSPS) is 14.2. The number of hydrogen-bond acceptors (Lipinski definition) is 4. The number of thiophene rings is 1. The second-order valence-corrected chi connectivity index (χ2v) is 7.27. The molecule has 0 saturated heterocycles. The van der Waals surface area contributed by atoms with Crippen molar-refractivity contribution in [2.45, 2.75) is 25.9 Å². The average molecular weight is 409 g/mol. The number of halogens is 3. The molecule has 1 aromatic carbocycles. The molecule has 0 saturated carbocycles. The van der Waals surface area contributed by atoms with Gasteiger partial charge in [-0.05, 0) is 46.5 Å². The molecule has 3 rings (SSSR count). The summed E-state index contributed by atoms with van der Waals surface area (Å²) in [5.41, 5.74) is 3.44. The molecule has 8 heteroatoms. The number of benzene rings is 1. The highest BCUT2D eigenvalue weighted by Crippen LogP contribution is 2.34. The van der Waals surface area contributed by atoms with Crippen molar-refractivity contribution in [1.82, 2.24) is 4.90 Å². The molecule has 2 heterocycles. The van der Waals surface area contributed by atoms with Gasteiger partial charge in [-0.25, -0.2) is 0 Å². The van der Waals surface area contributed by atoms with Gasteiger partial charge in [0, 0.05) is 17.9 Å².